The fourth-order valence-corrected chi connectivity index (χ4v) is 8.03. The monoisotopic (exact) mass is 697 g/mol. The van der Waals surface area contributed by atoms with E-state index in [0.29, 0.717) is 18.5 Å². The minimum Gasteiger partial charge on any atom is -0.495 e. The van der Waals surface area contributed by atoms with Crippen molar-refractivity contribution in [3.05, 3.63) is 93.0 Å². The zero-order valence-electron chi connectivity index (χ0n) is 27.6. The number of ether oxygens (including phenoxy) is 1. The third kappa shape index (κ3) is 6.04. The van der Waals surface area contributed by atoms with Crippen LogP contribution in [0.25, 0.3) is 0 Å². The fraction of sp³-hybridized carbons (Fsp3) is 0.432. The van der Waals surface area contributed by atoms with E-state index in [1.54, 1.807) is 17.0 Å². The molecule has 48 heavy (non-hydrogen) atoms. The van der Waals surface area contributed by atoms with Gasteiger partial charge in [0, 0.05) is 22.5 Å². The van der Waals surface area contributed by atoms with Crippen molar-refractivity contribution in [3.8, 4) is 11.8 Å². The van der Waals surface area contributed by atoms with Crippen molar-refractivity contribution in [1.29, 1.82) is 5.26 Å². The lowest BCUT2D eigenvalue weighted by atomic mass is 9.62. The quantitative estimate of drug-likeness (QED) is 0.213. The lowest BCUT2D eigenvalue weighted by molar-refractivity contribution is -0.119. The van der Waals surface area contributed by atoms with Gasteiger partial charge in [-0.2, -0.15) is 5.26 Å². The lowest BCUT2D eigenvalue weighted by Crippen LogP contribution is -2.52. The summed E-state index contributed by atoms with van der Waals surface area (Å²) in [5, 5.41) is 21.0. The van der Waals surface area contributed by atoms with Gasteiger partial charge in [0.05, 0.1) is 35.6 Å². The number of methoxy groups -OCH3 is 1. The number of anilines is 1. The Hall–Kier alpha value is -3.71. The number of carbonyl (C=O) groups is 2. The Bertz CT molecular complexity index is 1770. The second kappa shape index (κ2) is 13.7. The Morgan fingerprint density at radius 1 is 1.10 bits per heavy atom. The molecule has 2 aliphatic rings. The minimum absolute atomic E-state index is 0.0172. The summed E-state index contributed by atoms with van der Waals surface area (Å²) in [6.45, 7) is 8.08. The molecule has 7 nitrogen and oxygen atoms in total. The van der Waals surface area contributed by atoms with Gasteiger partial charge in [0.1, 0.15) is 28.8 Å². The molecule has 2 fully saturated rings. The number of fused-ring (bicyclic) bond motifs is 1. The van der Waals surface area contributed by atoms with E-state index in [9.17, 15) is 15.2 Å². The second-order valence-corrected chi connectivity index (χ2v) is 14.6. The molecule has 3 aromatic carbocycles. The van der Waals surface area contributed by atoms with Gasteiger partial charge in [0.25, 0.3) is 0 Å². The van der Waals surface area contributed by atoms with E-state index in [1.807, 2.05) is 25.7 Å². The SMILES string of the molecule is CCCCCC1N(c2ccc(C(=O)O)cc2OC)C(=O)[C@H]2[C@H](c3cccc(Cl)c3F)[C@@](C#N)(c3ccc(Cl)cc3F)[C@H](CC(C)(C)C)N12. The van der Waals surface area contributed by atoms with E-state index in [1.165, 1.54) is 43.5 Å². The van der Waals surface area contributed by atoms with Crippen LogP contribution in [-0.4, -0.2) is 47.2 Å². The number of hydrogen-bond acceptors (Lipinski definition) is 5. The number of carboxylic acid groups (broad SMARTS) is 1. The van der Waals surface area contributed by atoms with Gasteiger partial charge in [-0.3, -0.25) is 14.6 Å². The van der Waals surface area contributed by atoms with Crippen LogP contribution in [0.4, 0.5) is 14.5 Å². The van der Waals surface area contributed by atoms with Gasteiger partial charge in [-0.25, -0.2) is 13.6 Å². The molecule has 1 unspecified atom stereocenters. The smallest absolute Gasteiger partial charge is 0.335 e. The predicted octanol–water partition coefficient (Wildman–Crippen LogP) is 8.97. The highest BCUT2D eigenvalue weighted by Gasteiger charge is 2.70. The van der Waals surface area contributed by atoms with Gasteiger partial charge >= 0.3 is 5.97 Å². The highest BCUT2D eigenvalue weighted by atomic mass is 35.5. The van der Waals surface area contributed by atoms with Gasteiger partial charge in [-0.1, -0.05) is 88.4 Å². The van der Waals surface area contributed by atoms with Crippen molar-refractivity contribution in [1.82, 2.24) is 4.90 Å². The van der Waals surface area contributed by atoms with Crippen LogP contribution in [0.3, 0.4) is 0 Å². The Morgan fingerprint density at radius 2 is 1.83 bits per heavy atom. The predicted molar refractivity (Wildman–Crippen MR) is 182 cm³/mol. The zero-order valence-corrected chi connectivity index (χ0v) is 29.1. The zero-order chi connectivity index (χ0) is 35.1. The molecule has 0 aromatic heterocycles. The Labute approximate surface area is 290 Å². The van der Waals surface area contributed by atoms with E-state index in [-0.39, 0.29) is 32.5 Å². The molecule has 5 rings (SSSR count). The summed E-state index contributed by atoms with van der Waals surface area (Å²) in [6, 6.07) is 13.4. The molecule has 2 saturated heterocycles. The number of halogens is 4. The maximum Gasteiger partial charge on any atom is 0.335 e. The first kappa shape index (κ1) is 35.6. The highest BCUT2D eigenvalue weighted by molar-refractivity contribution is 6.31. The van der Waals surface area contributed by atoms with E-state index in [4.69, 9.17) is 27.9 Å². The molecule has 2 aliphatic heterocycles. The van der Waals surface area contributed by atoms with Gasteiger partial charge < -0.3 is 9.84 Å². The summed E-state index contributed by atoms with van der Waals surface area (Å²) in [5.41, 5.74) is -1.79. The number of carbonyl (C=O) groups excluding carboxylic acids is 1. The Morgan fingerprint density at radius 3 is 2.44 bits per heavy atom. The number of aromatic carboxylic acids is 1. The third-order valence-electron chi connectivity index (χ3n) is 9.58. The summed E-state index contributed by atoms with van der Waals surface area (Å²) in [4.78, 5) is 30.5. The summed E-state index contributed by atoms with van der Waals surface area (Å²) >= 11 is 12.5. The van der Waals surface area contributed by atoms with Crippen LogP contribution >= 0.6 is 23.2 Å². The molecule has 5 atom stereocenters. The molecule has 0 bridgehead atoms. The van der Waals surface area contributed by atoms with Gasteiger partial charge in [-0.05, 0) is 60.2 Å². The van der Waals surface area contributed by atoms with Crippen LogP contribution < -0.4 is 9.64 Å². The summed E-state index contributed by atoms with van der Waals surface area (Å²) in [6.07, 6.45) is 2.66. The van der Waals surface area contributed by atoms with Crippen LogP contribution in [-0.2, 0) is 10.2 Å². The van der Waals surface area contributed by atoms with Crippen molar-refractivity contribution in [2.24, 2.45) is 5.41 Å². The summed E-state index contributed by atoms with van der Waals surface area (Å²) < 4.78 is 38.2. The largest absolute Gasteiger partial charge is 0.495 e. The number of hydrogen-bond donors (Lipinski definition) is 1. The van der Waals surface area contributed by atoms with Crippen molar-refractivity contribution < 1.29 is 28.2 Å². The number of amides is 1. The topological polar surface area (TPSA) is 93.9 Å². The van der Waals surface area contributed by atoms with Crippen LogP contribution in [0.5, 0.6) is 5.75 Å². The van der Waals surface area contributed by atoms with Gasteiger partial charge in [-0.15, -0.1) is 0 Å². The third-order valence-corrected chi connectivity index (χ3v) is 10.1. The first-order valence-corrected chi connectivity index (χ1v) is 16.8. The molecule has 1 N–H and O–H groups in total. The molecule has 254 valence electrons. The van der Waals surface area contributed by atoms with Crippen LogP contribution in [0.2, 0.25) is 10.0 Å². The molecule has 0 radical (unpaired) electrons. The number of unbranched alkanes of at least 4 members (excludes halogenated alkanes) is 2. The van der Waals surface area contributed by atoms with E-state index >= 15 is 13.6 Å². The van der Waals surface area contributed by atoms with Crippen molar-refractivity contribution in [2.45, 2.75) is 89.4 Å². The van der Waals surface area contributed by atoms with Crippen molar-refractivity contribution >= 4 is 40.8 Å². The van der Waals surface area contributed by atoms with E-state index in [0.717, 1.165) is 25.3 Å². The summed E-state index contributed by atoms with van der Waals surface area (Å²) in [5.74, 6) is -4.12. The Balaban J connectivity index is 1.86. The number of rotatable bonds is 10. The standard InChI is InChI=1S/C37H39Cl2F2N3O4/c1-6-7-8-12-30-43(27-16-13-21(35(46)47)17-28(27)48-5)34(45)33-31(23-10-9-11-25(39)32(23)41)37(20-42,24-15-14-22(38)18-26(24)40)29(44(30)33)19-36(2,3)4/h9-11,13-18,29-31,33H,6-8,12,19H2,1-5H3,(H,46,47)/t29-,30?,31-,33+,37-/m0/s1. The second-order valence-electron chi connectivity index (χ2n) is 13.8. The average Bonchev–Trinajstić information content (AvgIpc) is 3.46. The molecule has 0 spiro atoms. The molecular formula is C37H39Cl2F2N3O4. The molecule has 2 heterocycles. The fourth-order valence-electron chi connectivity index (χ4n) is 7.69. The number of carboxylic acids is 1. The average molecular weight is 699 g/mol. The van der Waals surface area contributed by atoms with Crippen molar-refractivity contribution in [2.75, 3.05) is 12.0 Å². The molecule has 3 aromatic rings. The van der Waals surface area contributed by atoms with Gasteiger partial charge in [0.15, 0.2) is 0 Å². The van der Waals surface area contributed by atoms with E-state index < -0.39 is 58.5 Å². The molecule has 11 heteroatoms. The normalized spacial score (nSPS) is 24.1. The van der Waals surface area contributed by atoms with Crippen LogP contribution in [0, 0.1) is 28.4 Å². The molecular weight excluding hydrogens is 659 g/mol. The first-order chi connectivity index (χ1) is 22.7. The molecule has 1 amide bonds. The molecule has 0 aliphatic carbocycles. The number of nitrogens with zero attached hydrogens (tertiary/aromatic N) is 3. The molecule has 0 saturated carbocycles. The lowest BCUT2D eigenvalue weighted by Gasteiger charge is -2.42. The van der Waals surface area contributed by atoms with Gasteiger partial charge in [0.2, 0.25) is 5.91 Å². The number of nitriles is 1. The van der Waals surface area contributed by atoms with Crippen LogP contribution in [0.15, 0.2) is 54.6 Å². The minimum atomic E-state index is -1.75. The van der Waals surface area contributed by atoms with E-state index in [2.05, 4.69) is 13.0 Å². The maximum atomic E-state index is 16.3. The van der Waals surface area contributed by atoms with Crippen molar-refractivity contribution in [3.63, 3.8) is 0 Å². The highest BCUT2D eigenvalue weighted by Crippen LogP contribution is 2.60. The number of benzene rings is 3. The first-order valence-electron chi connectivity index (χ1n) is 16.0. The maximum absolute atomic E-state index is 16.3. The van der Waals surface area contributed by atoms with Crippen LogP contribution in [0.1, 0.15) is 87.2 Å². The Kier molecular flexibility index (Phi) is 10.1. The summed E-state index contributed by atoms with van der Waals surface area (Å²) in [7, 11) is 1.40.